The average Bonchev–Trinajstić information content (AvgIpc) is 2.65. The van der Waals surface area contributed by atoms with Gasteiger partial charge in [-0.25, -0.2) is 14.8 Å². The van der Waals surface area contributed by atoms with Gasteiger partial charge in [0.15, 0.2) is 0 Å². The molecule has 0 saturated heterocycles. The van der Waals surface area contributed by atoms with Crippen LogP contribution in [0.5, 0.6) is 0 Å². The monoisotopic (exact) mass is 306 g/mol. The smallest absolute Gasteiger partial charge is 0.341 e. The van der Waals surface area contributed by atoms with Crippen molar-refractivity contribution in [2.24, 2.45) is 0 Å². The van der Waals surface area contributed by atoms with Crippen molar-refractivity contribution < 1.29 is 9.53 Å². The number of ether oxygens (including phenoxy) is 1. The van der Waals surface area contributed by atoms with Gasteiger partial charge in [0.05, 0.1) is 12.2 Å². The zero-order valence-corrected chi connectivity index (χ0v) is 12.9. The van der Waals surface area contributed by atoms with Gasteiger partial charge in [0.25, 0.3) is 0 Å². The normalized spacial score (nSPS) is 9.43. The lowest BCUT2D eigenvalue weighted by molar-refractivity contribution is 0.0525. The van der Waals surface area contributed by atoms with Crippen LogP contribution >= 0.6 is 0 Å². The van der Waals surface area contributed by atoms with Crippen molar-refractivity contribution in [1.29, 1.82) is 0 Å². The Balaban J connectivity index is 0.000000168. The Morgan fingerprint density at radius 1 is 0.870 bits per heavy atom. The van der Waals surface area contributed by atoms with E-state index < -0.39 is 0 Å². The third kappa shape index (κ3) is 5.36. The van der Waals surface area contributed by atoms with E-state index in [0.29, 0.717) is 12.2 Å². The zero-order chi connectivity index (χ0) is 16.3. The van der Waals surface area contributed by atoms with Crippen molar-refractivity contribution in [3.05, 3.63) is 84.9 Å². The fourth-order valence-corrected chi connectivity index (χ4v) is 1.88. The van der Waals surface area contributed by atoms with E-state index in [4.69, 9.17) is 4.74 Å². The number of hydrogen-bond acceptors (Lipinski definition) is 4. The SMILES string of the molecule is CCOC(=O)c1cncnc1.c1ccc(-c2ccccc2)cc1. The Hall–Kier alpha value is -3.01. The van der Waals surface area contributed by atoms with Gasteiger partial charge in [-0.1, -0.05) is 60.7 Å². The molecule has 116 valence electrons. The van der Waals surface area contributed by atoms with Crippen LogP contribution in [0, 0.1) is 0 Å². The Morgan fingerprint density at radius 3 is 1.78 bits per heavy atom. The largest absolute Gasteiger partial charge is 0.462 e. The minimum atomic E-state index is -0.381. The van der Waals surface area contributed by atoms with Crippen molar-refractivity contribution >= 4 is 5.97 Å². The Kier molecular flexibility index (Phi) is 6.47. The summed E-state index contributed by atoms with van der Waals surface area (Å²) in [5, 5.41) is 0. The van der Waals surface area contributed by atoms with E-state index in [-0.39, 0.29) is 5.97 Å². The molecule has 0 saturated carbocycles. The van der Waals surface area contributed by atoms with Crippen LogP contribution in [0.15, 0.2) is 79.4 Å². The summed E-state index contributed by atoms with van der Waals surface area (Å²) >= 11 is 0. The van der Waals surface area contributed by atoms with Gasteiger partial charge >= 0.3 is 5.97 Å². The van der Waals surface area contributed by atoms with Gasteiger partial charge in [0, 0.05) is 12.4 Å². The summed E-state index contributed by atoms with van der Waals surface area (Å²) < 4.78 is 4.71. The molecule has 0 spiro atoms. The maximum atomic E-state index is 10.9. The maximum absolute atomic E-state index is 10.9. The van der Waals surface area contributed by atoms with Crippen molar-refractivity contribution in [2.45, 2.75) is 6.92 Å². The topological polar surface area (TPSA) is 52.1 Å². The molecular weight excluding hydrogens is 288 g/mol. The van der Waals surface area contributed by atoms with E-state index in [1.54, 1.807) is 6.92 Å². The van der Waals surface area contributed by atoms with Crippen LogP contribution < -0.4 is 0 Å². The molecule has 2 aromatic carbocycles. The first kappa shape index (κ1) is 16.4. The van der Waals surface area contributed by atoms with Gasteiger partial charge in [0.1, 0.15) is 6.33 Å². The number of carbonyl (C=O) groups is 1. The first-order chi connectivity index (χ1) is 11.3. The quantitative estimate of drug-likeness (QED) is 0.686. The molecule has 0 fully saturated rings. The Morgan fingerprint density at radius 2 is 1.35 bits per heavy atom. The summed E-state index contributed by atoms with van der Waals surface area (Å²) in [5.74, 6) is -0.381. The zero-order valence-electron chi connectivity index (χ0n) is 12.9. The van der Waals surface area contributed by atoms with E-state index in [2.05, 4.69) is 58.5 Å². The molecule has 0 aliphatic heterocycles. The number of hydrogen-bond donors (Lipinski definition) is 0. The third-order valence-electron chi connectivity index (χ3n) is 2.95. The predicted molar refractivity (Wildman–Crippen MR) is 89.9 cm³/mol. The van der Waals surface area contributed by atoms with E-state index in [1.807, 2.05) is 12.1 Å². The lowest BCUT2D eigenvalue weighted by Crippen LogP contribution is -2.04. The van der Waals surface area contributed by atoms with E-state index in [1.165, 1.54) is 29.8 Å². The molecule has 4 nitrogen and oxygen atoms in total. The van der Waals surface area contributed by atoms with Crippen LogP contribution in [0.3, 0.4) is 0 Å². The second-order valence-electron chi connectivity index (χ2n) is 4.58. The molecule has 1 heterocycles. The van der Waals surface area contributed by atoms with Crippen molar-refractivity contribution in [3.8, 4) is 11.1 Å². The lowest BCUT2D eigenvalue weighted by Gasteiger charge is -1.98. The van der Waals surface area contributed by atoms with Crippen LogP contribution in [0.25, 0.3) is 11.1 Å². The summed E-state index contributed by atoms with van der Waals surface area (Å²) in [6.07, 6.45) is 4.21. The standard InChI is InChI=1S/C12H10.C7H8N2O2/c1-3-7-11(8-4-1)12-9-5-2-6-10-12;1-2-11-7(10)6-3-8-5-9-4-6/h1-10H;3-5H,2H2,1H3. The van der Waals surface area contributed by atoms with Crippen LogP contribution in [-0.2, 0) is 4.74 Å². The van der Waals surface area contributed by atoms with Gasteiger partial charge in [0.2, 0.25) is 0 Å². The first-order valence-corrected chi connectivity index (χ1v) is 7.34. The minimum Gasteiger partial charge on any atom is -0.462 e. The highest BCUT2D eigenvalue weighted by molar-refractivity contribution is 5.88. The van der Waals surface area contributed by atoms with E-state index >= 15 is 0 Å². The fraction of sp³-hybridized carbons (Fsp3) is 0.105. The fourth-order valence-electron chi connectivity index (χ4n) is 1.88. The Labute approximate surface area is 135 Å². The van der Waals surface area contributed by atoms with Crippen LogP contribution in [0.1, 0.15) is 17.3 Å². The highest BCUT2D eigenvalue weighted by atomic mass is 16.5. The summed E-state index contributed by atoms with van der Waals surface area (Å²) in [5.41, 5.74) is 2.94. The second-order valence-corrected chi connectivity index (χ2v) is 4.58. The predicted octanol–water partition coefficient (Wildman–Crippen LogP) is 4.01. The number of carbonyl (C=O) groups excluding carboxylic acids is 1. The van der Waals surface area contributed by atoms with Gasteiger partial charge in [-0.3, -0.25) is 0 Å². The van der Waals surface area contributed by atoms with Crippen LogP contribution in [0.4, 0.5) is 0 Å². The molecule has 0 aliphatic carbocycles. The number of rotatable bonds is 3. The van der Waals surface area contributed by atoms with E-state index in [0.717, 1.165) is 0 Å². The van der Waals surface area contributed by atoms with Gasteiger partial charge in [-0.15, -0.1) is 0 Å². The molecule has 3 aromatic rings. The number of benzene rings is 2. The number of esters is 1. The highest BCUT2D eigenvalue weighted by Gasteiger charge is 2.04. The molecular formula is C19H18N2O2. The summed E-state index contributed by atoms with van der Waals surface area (Å²) in [6, 6.07) is 20.8. The highest BCUT2D eigenvalue weighted by Crippen LogP contribution is 2.17. The van der Waals surface area contributed by atoms with Crippen molar-refractivity contribution in [3.63, 3.8) is 0 Å². The second kappa shape index (κ2) is 9.10. The summed E-state index contributed by atoms with van der Waals surface area (Å²) in [6.45, 7) is 2.12. The van der Waals surface area contributed by atoms with Crippen LogP contribution in [-0.4, -0.2) is 22.5 Å². The molecule has 0 unspecified atom stereocenters. The Bertz CT molecular complexity index is 664. The molecule has 0 atom stereocenters. The molecule has 0 N–H and O–H groups in total. The molecule has 0 radical (unpaired) electrons. The molecule has 1 aromatic heterocycles. The number of aromatic nitrogens is 2. The van der Waals surface area contributed by atoms with Crippen LogP contribution in [0.2, 0.25) is 0 Å². The van der Waals surface area contributed by atoms with Crippen molar-refractivity contribution in [1.82, 2.24) is 9.97 Å². The molecule has 0 aliphatic rings. The minimum absolute atomic E-state index is 0.369. The summed E-state index contributed by atoms with van der Waals surface area (Å²) in [7, 11) is 0. The first-order valence-electron chi connectivity index (χ1n) is 7.34. The van der Waals surface area contributed by atoms with Gasteiger partial charge in [-0.2, -0.15) is 0 Å². The van der Waals surface area contributed by atoms with Gasteiger partial charge < -0.3 is 4.74 Å². The van der Waals surface area contributed by atoms with Crippen molar-refractivity contribution in [2.75, 3.05) is 6.61 Å². The third-order valence-corrected chi connectivity index (χ3v) is 2.95. The average molecular weight is 306 g/mol. The lowest BCUT2D eigenvalue weighted by atomic mass is 10.1. The maximum Gasteiger partial charge on any atom is 0.341 e. The molecule has 0 amide bonds. The number of nitrogens with zero attached hydrogens (tertiary/aromatic N) is 2. The van der Waals surface area contributed by atoms with E-state index in [9.17, 15) is 4.79 Å². The molecule has 4 heteroatoms. The molecule has 3 rings (SSSR count). The summed E-state index contributed by atoms with van der Waals surface area (Å²) in [4.78, 5) is 18.3. The molecule has 0 bridgehead atoms. The van der Waals surface area contributed by atoms with Gasteiger partial charge in [-0.05, 0) is 18.1 Å². The molecule has 23 heavy (non-hydrogen) atoms.